The first kappa shape index (κ1) is 21.7. The molecule has 0 aromatic heterocycles. The fourth-order valence-corrected chi connectivity index (χ4v) is 3.60. The molecule has 0 atom stereocenters. The molecule has 9 heteroatoms. The van der Waals surface area contributed by atoms with Gasteiger partial charge in [-0.15, -0.1) is 0 Å². The van der Waals surface area contributed by atoms with Crippen LogP contribution in [0.3, 0.4) is 0 Å². The summed E-state index contributed by atoms with van der Waals surface area (Å²) >= 11 is 5.94. The van der Waals surface area contributed by atoms with E-state index in [0.29, 0.717) is 6.54 Å². The first-order valence-corrected chi connectivity index (χ1v) is 10.3. The van der Waals surface area contributed by atoms with Crippen LogP contribution in [0.15, 0.2) is 47.4 Å². The van der Waals surface area contributed by atoms with Crippen LogP contribution in [0, 0.1) is 5.92 Å². The molecule has 0 fully saturated rings. The summed E-state index contributed by atoms with van der Waals surface area (Å²) < 4.78 is 32.6. The van der Waals surface area contributed by atoms with Crippen LogP contribution in [0.4, 0.5) is 5.69 Å². The molecule has 0 bridgehead atoms. The van der Waals surface area contributed by atoms with Gasteiger partial charge in [0.2, 0.25) is 0 Å². The van der Waals surface area contributed by atoms with Crippen molar-refractivity contribution in [2.24, 2.45) is 5.92 Å². The van der Waals surface area contributed by atoms with Crippen LogP contribution in [0.2, 0.25) is 5.02 Å². The zero-order valence-corrected chi connectivity index (χ0v) is 17.2. The van der Waals surface area contributed by atoms with Gasteiger partial charge >= 0.3 is 5.97 Å². The lowest BCUT2D eigenvalue weighted by molar-refractivity contribution is 0.0600. The number of hydrogen-bond donors (Lipinski definition) is 2. The molecule has 0 spiro atoms. The zero-order valence-electron chi connectivity index (χ0n) is 15.7. The molecule has 2 rings (SSSR count). The third-order valence-corrected chi connectivity index (χ3v) is 5.43. The van der Waals surface area contributed by atoms with E-state index in [2.05, 4.69) is 14.8 Å². The number of para-hydroxylation sites is 1. The molecule has 0 unspecified atom stereocenters. The molecule has 0 heterocycles. The Morgan fingerprint density at radius 1 is 1.11 bits per heavy atom. The average Bonchev–Trinajstić information content (AvgIpc) is 2.65. The Labute approximate surface area is 169 Å². The number of carbonyl (C=O) groups is 2. The molecular formula is C19H21ClN2O5S. The fourth-order valence-electron chi connectivity index (χ4n) is 2.30. The quantitative estimate of drug-likeness (QED) is 0.664. The van der Waals surface area contributed by atoms with Crippen molar-refractivity contribution in [2.75, 3.05) is 18.4 Å². The van der Waals surface area contributed by atoms with Crippen LogP contribution in [0.1, 0.15) is 34.6 Å². The molecule has 0 saturated carbocycles. The monoisotopic (exact) mass is 424 g/mol. The van der Waals surface area contributed by atoms with Crippen LogP contribution < -0.4 is 10.0 Å². The Kier molecular flexibility index (Phi) is 7.04. The molecule has 0 aliphatic carbocycles. The third kappa shape index (κ3) is 5.24. The summed E-state index contributed by atoms with van der Waals surface area (Å²) in [6.07, 6.45) is 0. The fraction of sp³-hybridized carbons (Fsp3) is 0.263. The van der Waals surface area contributed by atoms with E-state index in [1.165, 1.54) is 31.4 Å². The van der Waals surface area contributed by atoms with Gasteiger partial charge in [-0.25, -0.2) is 13.2 Å². The minimum atomic E-state index is -4.08. The van der Waals surface area contributed by atoms with Crippen LogP contribution in [-0.2, 0) is 14.8 Å². The van der Waals surface area contributed by atoms with Crippen molar-refractivity contribution in [3.63, 3.8) is 0 Å². The van der Waals surface area contributed by atoms with Gasteiger partial charge in [-0.1, -0.05) is 37.6 Å². The van der Waals surface area contributed by atoms with Crippen molar-refractivity contribution in [1.82, 2.24) is 5.32 Å². The number of ether oxygens (including phenoxy) is 1. The molecule has 0 radical (unpaired) electrons. The van der Waals surface area contributed by atoms with E-state index in [-0.39, 0.29) is 32.7 Å². The Morgan fingerprint density at radius 2 is 1.79 bits per heavy atom. The second kappa shape index (κ2) is 9.07. The van der Waals surface area contributed by atoms with Crippen molar-refractivity contribution in [2.45, 2.75) is 18.7 Å². The summed E-state index contributed by atoms with van der Waals surface area (Å²) in [7, 11) is -2.91. The number of carbonyl (C=O) groups excluding carboxylic acids is 2. The number of hydrogen-bond acceptors (Lipinski definition) is 5. The standard InChI is InChI=1S/C19H21ClN2O5S/c1-12(2)11-21-18(23)14-6-4-5-7-17(14)22-28(25,26)13-8-9-16(20)15(10-13)19(24)27-3/h4-10,12,22H,11H2,1-3H3,(H,21,23). The normalized spacial score (nSPS) is 11.2. The van der Waals surface area contributed by atoms with E-state index in [0.717, 1.165) is 6.07 Å². The highest BCUT2D eigenvalue weighted by Gasteiger charge is 2.21. The number of benzene rings is 2. The smallest absolute Gasteiger partial charge is 0.339 e. The summed E-state index contributed by atoms with van der Waals surface area (Å²) in [6, 6.07) is 9.94. The van der Waals surface area contributed by atoms with Crippen molar-refractivity contribution in [3.05, 3.63) is 58.6 Å². The maximum Gasteiger partial charge on any atom is 0.339 e. The highest BCUT2D eigenvalue weighted by Crippen LogP contribution is 2.24. The molecule has 0 aliphatic heterocycles. The van der Waals surface area contributed by atoms with Gasteiger partial charge in [-0.3, -0.25) is 9.52 Å². The first-order chi connectivity index (χ1) is 13.2. The van der Waals surface area contributed by atoms with Crippen LogP contribution in [-0.4, -0.2) is 33.9 Å². The lowest BCUT2D eigenvalue weighted by Crippen LogP contribution is -2.28. The van der Waals surface area contributed by atoms with E-state index in [1.54, 1.807) is 12.1 Å². The number of esters is 1. The number of methoxy groups -OCH3 is 1. The van der Waals surface area contributed by atoms with Gasteiger partial charge in [-0.2, -0.15) is 0 Å². The van der Waals surface area contributed by atoms with Crippen LogP contribution >= 0.6 is 11.6 Å². The van der Waals surface area contributed by atoms with Crippen LogP contribution in [0.5, 0.6) is 0 Å². The molecule has 7 nitrogen and oxygen atoms in total. The van der Waals surface area contributed by atoms with Crippen molar-refractivity contribution in [1.29, 1.82) is 0 Å². The minimum absolute atomic E-state index is 0.0688. The predicted octanol–water partition coefficient (Wildman–Crippen LogP) is 3.31. The van der Waals surface area contributed by atoms with Gasteiger partial charge in [0.25, 0.3) is 15.9 Å². The van der Waals surface area contributed by atoms with Gasteiger partial charge in [0, 0.05) is 6.54 Å². The Morgan fingerprint density at radius 3 is 2.43 bits per heavy atom. The van der Waals surface area contributed by atoms with Gasteiger partial charge in [0.1, 0.15) is 0 Å². The largest absolute Gasteiger partial charge is 0.465 e. The highest BCUT2D eigenvalue weighted by molar-refractivity contribution is 7.92. The number of rotatable bonds is 7. The number of anilines is 1. The molecule has 0 saturated heterocycles. The van der Waals surface area contributed by atoms with Crippen LogP contribution in [0.25, 0.3) is 0 Å². The van der Waals surface area contributed by atoms with E-state index in [9.17, 15) is 18.0 Å². The topological polar surface area (TPSA) is 102 Å². The summed E-state index contributed by atoms with van der Waals surface area (Å²) in [5, 5.41) is 2.82. The molecule has 2 aromatic carbocycles. The Hall–Kier alpha value is -2.58. The summed E-state index contributed by atoms with van der Waals surface area (Å²) in [5.41, 5.74) is 0.238. The molecule has 1 amide bonds. The summed E-state index contributed by atoms with van der Waals surface area (Å²) in [6.45, 7) is 4.36. The lowest BCUT2D eigenvalue weighted by Gasteiger charge is -2.14. The third-order valence-electron chi connectivity index (χ3n) is 3.74. The second-order valence-electron chi connectivity index (χ2n) is 6.39. The van der Waals surface area contributed by atoms with E-state index < -0.39 is 21.9 Å². The number of nitrogens with one attached hydrogen (secondary N) is 2. The van der Waals surface area contributed by atoms with Gasteiger partial charge in [-0.05, 0) is 36.2 Å². The molecule has 0 aliphatic rings. The first-order valence-electron chi connectivity index (χ1n) is 8.43. The number of sulfonamides is 1. The predicted molar refractivity (Wildman–Crippen MR) is 107 cm³/mol. The van der Waals surface area contributed by atoms with Crippen molar-refractivity contribution >= 4 is 39.2 Å². The number of amides is 1. The van der Waals surface area contributed by atoms with E-state index >= 15 is 0 Å². The molecular weight excluding hydrogens is 404 g/mol. The van der Waals surface area contributed by atoms with E-state index in [1.807, 2.05) is 13.8 Å². The molecule has 2 aromatic rings. The number of halogens is 1. The average molecular weight is 425 g/mol. The summed E-state index contributed by atoms with van der Waals surface area (Å²) in [5.74, 6) is -0.896. The Balaban J connectivity index is 2.35. The highest BCUT2D eigenvalue weighted by atomic mass is 35.5. The molecule has 150 valence electrons. The van der Waals surface area contributed by atoms with Gasteiger partial charge < -0.3 is 10.1 Å². The van der Waals surface area contributed by atoms with Gasteiger partial charge in [0.15, 0.2) is 0 Å². The Bertz CT molecular complexity index is 990. The lowest BCUT2D eigenvalue weighted by atomic mass is 10.1. The summed E-state index contributed by atoms with van der Waals surface area (Å²) in [4.78, 5) is 24.0. The second-order valence-corrected chi connectivity index (χ2v) is 8.48. The van der Waals surface area contributed by atoms with Gasteiger partial charge in [0.05, 0.1) is 33.8 Å². The maximum atomic E-state index is 12.8. The van der Waals surface area contributed by atoms with Crippen molar-refractivity contribution in [3.8, 4) is 0 Å². The van der Waals surface area contributed by atoms with E-state index in [4.69, 9.17) is 11.6 Å². The molecule has 2 N–H and O–H groups in total. The SMILES string of the molecule is COC(=O)c1cc(S(=O)(=O)Nc2ccccc2C(=O)NCC(C)C)ccc1Cl. The zero-order chi connectivity index (χ0) is 20.9. The molecule has 28 heavy (non-hydrogen) atoms. The minimum Gasteiger partial charge on any atom is -0.465 e. The van der Waals surface area contributed by atoms with Crippen molar-refractivity contribution < 1.29 is 22.7 Å². The maximum absolute atomic E-state index is 12.8.